The van der Waals surface area contributed by atoms with Crippen LogP contribution in [0.15, 0.2) is 36.4 Å². The van der Waals surface area contributed by atoms with Crippen LogP contribution in [0.3, 0.4) is 0 Å². The number of likely N-dealkylation sites (tertiary alicyclic amines) is 1. The van der Waals surface area contributed by atoms with Crippen molar-refractivity contribution in [3.63, 3.8) is 0 Å². The van der Waals surface area contributed by atoms with Gasteiger partial charge in [-0.1, -0.05) is 24.3 Å². The van der Waals surface area contributed by atoms with Crippen LogP contribution < -0.4 is 10.5 Å². The van der Waals surface area contributed by atoms with E-state index in [-0.39, 0.29) is 23.5 Å². The maximum Gasteiger partial charge on any atom is 0.202 e. The molecule has 0 aromatic heterocycles. The van der Waals surface area contributed by atoms with E-state index < -0.39 is 11.6 Å². The van der Waals surface area contributed by atoms with E-state index in [1.54, 1.807) is 6.07 Å². The Morgan fingerprint density at radius 1 is 1.19 bits per heavy atom. The van der Waals surface area contributed by atoms with E-state index in [0.29, 0.717) is 12.5 Å². The van der Waals surface area contributed by atoms with Crippen molar-refractivity contribution in [3.8, 4) is 11.8 Å². The SMILES string of the molecule is N#Cc1ccc(O[C@@H]2c3ccccc3C[C@H]2N2CC[C@H](CN)C2)c(F)c1F. The van der Waals surface area contributed by atoms with Gasteiger partial charge in [0.05, 0.1) is 11.6 Å². The van der Waals surface area contributed by atoms with Gasteiger partial charge < -0.3 is 10.5 Å². The summed E-state index contributed by atoms with van der Waals surface area (Å²) in [5.41, 5.74) is 7.67. The van der Waals surface area contributed by atoms with Crippen molar-refractivity contribution in [2.75, 3.05) is 19.6 Å². The lowest BCUT2D eigenvalue weighted by molar-refractivity contribution is 0.0876. The molecule has 0 bridgehead atoms. The van der Waals surface area contributed by atoms with Gasteiger partial charge in [-0.25, -0.2) is 4.39 Å². The van der Waals surface area contributed by atoms with Crippen LogP contribution in [0.25, 0.3) is 0 Å². The van der Waals surface area contributed by atoms with Crippen LogP contribution in [-0.2, 0) is 6.42 Å². The van der Waals surface area contributed by atoms with Crippen molar-refractivity contribution in [1.29, 1.82) is 5.26 Å². The number of hydrogen-bond donors (Lipinski definition) is 1. The van der Waals surface area contributed by atoms with Crippen LogP contribution in [0.4, 0.5) is 8.78 Å². The Bertz CT molecular complexity index is 895. The van der Waals surface area contributed by atoms with Crippen molar-refractivity contribution < 1.29 is 13.5 Å². The van der Waals surface area contributed by atoms with Crippen LogP contribution in [0.5, 0.6) is 5.75 Å². The smallest absolute Gasteiger partial charge is 0.202 e. The fraction of sp³-hybridized carbons (Fsp3) is 0.381. The van der Waals surface area contributed by atoms with E-state index in [1.807, 2.05) is 18.2 Å². The Morgan fingerprint density at radius 2 is 2.00 bits per heavy atom. The number of hydrogen-bond acceptors (Lipinski definition) is 4. The number of rotatable bonds is 4. The lowest BCUT2D eigenvalue weighted by Crippen LogP contribution is -2.39. The minimum Gasteiger partial charge on any atom is -0.481 e. The maximum absolute atomic E-state index is 14.4. The predicted octanol–water partition coefficient (Wildman–Crippen LogP) is 3.16. The van der Waals surface area contributed by atoms with Gasteiger partial charge in [0.15, 0.2) is 11.6 Å². The Labute approximate surface area is 157 Å². The summed E-state index contributed by atoms with van der Waals surface area (Å²) in [5, 5.41) is 8.87. The van der Waals surface area contributed by atoms with Crippen molar-refractivity contribution in [3.05, 3.63) is 64.7 Å². The molecule has 1 saturated heterocycles. The van der Waals surface area contributed by atoms with E-state index in [1.165, 1.54) is 17.7 Å². The van der Waals surface area contributed by atoms with Crippen molar-refractivity contribution in [1.82, 2.24) is 4.90 Å². The van der Waals surface area contributed by atoms with Gasteiger partial charge in [-0.3, -0.25) is 4.90 Å². The minimum atomic E-state index is -1.16. The first-order valence-corrected chi connectivity index (χ1v) is 9.19. The highest BCUT2D eigenvalue weighted by atomic mass is 19.2. The van der Waals surface area contributed by atoms with E-state index in [2.05, 4.69) is 11.0 Å². The number of fused-ring (bicyclic) bond motifs is 1. The molecule has 2 aliphatic rings. The normalized spacial score (nSPS) is 24.6. The number of nitrogens with two attached hydrogens (primary N) is 1. The van der Waals surface area contributed by atoms with Crippen LogP contribution in [0.2, 0.25) is 0 Å². The molecule has 27 heavy (non-hydrogen) atoms. The minimum absolute atomic E-state index is 0.0528. The highest BCUT2D eigenvalue weighted by Crippen LogP contribution is 2.40. The zero-order valence-electron chi connectivity index (χ0n) is 14.9. The summed E-state index contributed by atoms with van der Waals surface area (Å²) in [6.45, 7) is 2.46. The van der Waals surface area contributed by atoms with E-state index in [0.717, 1.165) is 31.5 Å². The molecular formula is C21H21F2N3O. The summed E-state index contributed by atoms with van der Waals surface area (Å²) in [5.74, 6) is -1.98. The molecule has 1 aliphatic carbocycles. The first-order valence-electron chi connectivity index (χ1n) is 9.19. The van der Waals surface area contributed by atoms with E-state index in [4.69, 9.17) is 15.7 Å². The van der Waals surface area contributed by atoms with E-state index in [9.17, 15) is 8.78 Å². The molecule has 4 nitrogen and oxygen atoms in total. The Hall–Kier alpha value is -2.49. The molecule has 0 spiro atoms. The molecule has 1 aliphatic heterocycles. The Kier molecular flexibility index (Phi) is 4.81. The number of benzene rings is 2. The van der Waals surface area contributed by atoms with Crippen LogP contribution >= 0.6 is 0 Å². The first-order chi connectivity index (χ1) is 13.1. The maximum atomic E-state index is 14.4. The summed E-state index contributed by atoms with van der Waals surface area (Å²) in [7, 11) is 0. The third kappa shape index (κ3) is 3.18. The lowest BCUT2D eigenvalue weighted by atomic mass is 10.1. The fourth-order valence-corrected chi connectivity index (χ4v) is 4.20. The molecular weight excluding hydrogens is 348 g/mol. The van der Waals surface area contributed by atoms with Crippen LogP contribution in [0.1, 0.15) is 29.2 Å². The third-order valence-corrected chi connectivity index (χ3v) is 5.68. The summed E-state index contributed by atoms with van der Waals surface area (Å²) in [6.07, 6.45) is 1.45. The summed E-state index contributed by atoms with van der Waals surface area (Å²) in [4.78, 5) is 2.35. The second kappa shape index (κ2) is 7.26. The van der Waals surface area contributed by atoms with Crippen LogP contribution in [-0.4, -0.2) is 30.6 Å². The molecule has 2 N–H and O–H groups in total. The van der Waals surface area contributed by atoms with Gasteiger partial charge in [0, 0.05) is 6.54 Å². The third-order valence-electron chi connectivity index (χ3n) is 5.68. The molecule has 2 aromatic rings. The van der Waals surface area contributed by atoms with Gasteiger partial charge in [-0.2, -0.15) is 9.65 Å². The highest BCUT2D eigenvalue weighted by molar-refractivity contribution is 5.41. The molecule has 1 heterocycles. The topological polar surface area (TPSA) is 62.3 Å². The van der Waals surface area contributed by atoms with Gasteiger partial charge >= 0.3 is 0 Å². The molecule has 0 radical (unpaired) electrons. The number of halogens is 2. The molecule has 1 fully saturated rings. The quantitative estimate of drug-likeness (QED) is 0.899. The molecule has 0 saturated carbocycles. The van der Waals surface area contributed by atoms with Crippen molar-refractivity contribution >= 4 is 0 Å². The Morgan fingerprint density at radius 3 is 2.74 bits per heavy atom. The molecule has 140 valence electrons. The summed E-state index contributed by atoms with van der Waals surface area (Å²) >= 11 is 0. The number of nitriles is 1. The zero-order chi connectivity index (χ0) is 19.0. The molecule has 2 aromatic carbocycles. The standard InChI is InChI=1S/C21H21F2N3O/c22-19-15(11-25)5-6-18(20(19)23)27-21-16-4-2-1-3-14(16)9-17(21)26-8-7-13(10-24)12-26/h1-6,13,17,21H,7-10,12,24H2/t13-,17-,21-/m1/s1. The highest BCUT2D eigenvalue weighted by Gasteiger charge is 2.40. The number of nitrogens with zero attached hydrogens (tertiary/aromatic N) is 2. The molecule has 4 rings (SSSR count). The zero-order valence-corrected chi connectivity index (χ0v) is 14.9. The second-order valence-electron chi connectivity index (χ2n) is 7.25. The molecule has 0 unspecified atom stereocenters. The molecule has 6 heteroatoms. The summed E-state index contributed by atoms with van der Waals surface area (Å²) in [6, 6.07) is 12.2. The predicted molar refractivity (Wildman–Crippen MR) is 97.1 cm³/mol. The van der Waals surface area contributed by atoms with Gasteiger partial charge in [0.2, 0.25) is 5.82 Å². The van der Waals surface area contributed by atoms with Crippen molar-refractivity contribution in [2.45, 2.75) is 25.0 Å². The molecule has 3 atom stereocenters. The first kappa shape index (κ1) is 17.9. The largest absolute Gasteiger partial charge is 0.481 e. The average molecular weight is 369 g/mol. The van der Waals surface area contributed by atoms with Gasteiger partial charge in [-0.15, -0.1) is 0 Å². The summed E-state index contributed by atoms with van der Waals surface area (Å²) < 4.78 is 34.5. The van der Waals surface area contributed by atoms with E-state index >= 15 is 0 Å². The molecule has 0 amide bonds. The van der Waals surface area contributed by atoms with Gasteiger partial charge in [0.1, 0.15) is 12.2 Å². The number of ether oxygens (including phenoxy) is 1. The second-order valence-corrected chi connectivity index (χ2v) is 7.25. The van der Waals surface area contributed by atoms with Gasteiger partial charge in [-0.05, 0) is 55.1 Å². The van der Waals surface area contributed by atoms with Gasteiger partial charge in [0.25, 0.3) is 0 Å². The van der Waals surface area contributed by atoms with Crippen LogP contribution in [0, 0.1) is 28.9 Å². The average Bonchev–Trinajstić information content (AvgIpc) is 3.30. The Balaban J connectivity index is 1.66. The van der Waals surface area contributed by atoms with Crippen molar-refractivity contribution in [2.24, 2.45) is 11.7 Å². The fourth-order valence-electron chi connectivity index (χ4n) is 4.20. The monoisotopic (exact) mass is 369 g/mol. The lowest BCUT2D eigenvalue weighted by Gasteiger charge is -2.30.